The van der Waals surface area contributed by atoms with E-state index in [1.165, 1.54) is 43.8 Å². The molecule has 0 aromatic heterocycles. The van der Waals surface area contributed by atoms with Gasteiger partial charge in [0.1, 0.15) is 5.78 Å². The van der Waals surface area contributed by atoms with Crippen LogP contribution in [0.2, 0.25) is 18.1 Å². The Morgan fingerprint density at radius 2 is 1.83 bits per heavy atom. The molecule has 0 spiro atoms. The predicted octanol–water partition coefficient (Wildman–Crippen LogP) is 5.49. The summed E-state index contributed by atoms with van der Waals surface area (Å²) in [6, 6.07) is 3.69. The number of hydrogen-bond donors (Lipinski definition) is 0. The van der Waals surface area contributed by atoms with Gasteiger partial charge in [-0.15, -0.1) is 0 Å². The summed E-state index contributed by atoms with van der Waals surface area (Å²) in [5, 5.41) is 0. The molecule has 0 aliphatic heterocycles. The normalized spacial score (nSPS) is 34.6. The Balaban J connectivity index is 1.87. The van der Waals surface area contributed by atoms with E-state index >= 15 is 0 Å². The van der Waals surface area contributed by atoms with Gasteiger partial charge < -0.3 is 4.43 Å². The molecule has 4 atom stereocenters. The summed E-state index contributed by atoms with van der Waals surface area (Å²) in [4.78, 5) is 12.3. The second kappa shape index (κ2) is 7.22. The molecule has 0 amide bonds. The van der Waals surface area contributed by atoms with Gasteiger partial charge in [-0.1, -0.05) is 32.4 Å². The number of ketones is 1. The van der Waals surface area contributed by atoms with Crippen molar-refractivity contribution in [2.75, 3.05) is 0 Å². The van der Waals surface area contributed by atoms with Crippen LogP contribution in [0.5, 0.6) is 0 Å². The molecule has 0 radical (unpaired) electrons. The molecule has 4 bridgehead atoms. The number of carbonyl (C=O) groups excluding carboxylic acids is 1. The summed E-state index contributed by atoms with van der Waals surface area (Å²) >= 11 is 0. The van der Waals surface area contributed by atoms with E-state index < -0.39 is 8.32 Å². The van der Waals surface area contributed by atoms with Crippen LogP contribution in [0.15, 0.2) is 11.6 Å². The third-order valence-electron chi connectivity index (χ3n) is 7.08. The Morgan fingerprint density at radius 1 is 1.09 bits per heavy atom. The smallest absolute Gasteiger partial charge is 0.192 e. The van der Waals surface area contributed by atoms with Gasteiger partial charge in [0.2, 0.25) is 0 Å². The summed E-state index contributed by atoms with van der Waals surface area (Å²) < 4.78 is 6.97. The molecule has 3 heteroatoms. The quantitative estimate of drug-likeness (QED) is 0.490. The van der Waals surface area contributed by atoms with Gasteiger partial charge in [0.25, 0.3) is 0 Å². The van der Waals surface area contributed by atoms with Gasteiger partial charge in [0, 0.05) is 18.8 Å². The summed E-state index contributed by atoms with van der Waals surface area (Å²) in [6.45, 7) is 6.98. The number of carbonyl (C=O) groups is 1. The molecule has 3 aliphatic rings. The minimum atomic E-state index is -1.57. The highest BCUT2D eigenvalue weighted by molar-refractivity contribution is 6.73. The van der Waals surface area contributed by atoms with Crippen LogP contribution in [0.25, 0.3) is 0 Å². The van der Waals surface area contributed by atoms with Gasteiger partial charge in [-0.2, -0.15) is 0 Å². The van der Waals surface area contributed by atoms with E-state index in [0.29, 0.717) is 29.6 Å². The molecule has 2 nitrogen and oxygen atoms in total. The number of Topliss-reactive ketones (excluding diaryl/α,β-unsaturated/α-hetero) is 1. The molecule has 3 aliphatic carbocycles. The van der Waals surface area contributed by atoms with Crippen molar-refractivity contribution >= 4 is 14.1 Å². The zero-order valence-corrected chi connectivity index (χ0v) is 16.3. The summed E-state index contributed by atoms with van der Waals surface area (Å²) in [7, 11) is -1.57. The van der Waals surface area contributed by atoms with Gasteiger partial charge in [-0.25, -0.2) is 0 Å². The average molecular weight is 335 g/mol. The molecular weight excluding hydrogens is 300 g/mol. The maximum Gasteiger partial charge on any atom is 0.192 e. The molecule has 130 valence electrons. The second-order valence-corrected chi connectivity index (χ2v) is 12.7. The van der Waals surface area contributed by atoms with Crippen LogP contribution in [0.3, 0.4) is 0 Å². The molecule has 0 unspecified atom stereocenters. The second-order valence-electron chi connectivity index (χ2n) is 8.02. The lowest BCUT2D eigenvalue weighted by Crippen LogP contribution is -2.48. The first-order valence-corrected chi connectivity index (χ1v) is 12.5. The van der Waals surface area contributed by atoms with E-state index in [4.69, 9.17) is 4.43 Å². The molecule has 3 rings (SSSR count). The SMILES string of the molecule is CC[Si](CC)(CC)O[C@H]1CC[C@H]2CCC(=O)C[C@@H]3CCC=C2[C@@H]31. The standard InChI is InChI=1S/C20H34O2Si/c1-4-23(5-2,6-3)22-19-13-11-15-10-12-17(21)14-16-8-7-9-18(15)20(16)19/h9,15-16,19-20H,4-8,10-14H2,1-3H3/t15-,16+,19+,20-/m1/s1. The van der Waals surface area contributed by atoms with Gasteiger partial charge >= 0.3 is 0 Å². The summed E-state index contributed by atoms with van der Waals surface area (Å²) in [6.07, 6.45) is 10.5. The molecule has 2 fully saturated rings. The van der Waals surface area contributed by atoms with Crippen LogP contribution in [0, 0.1) is 17.8 Å². The topological polar surface area (TPSA) is 26.3 Å². The molecule has 0 aromatic carbocycles. The van der Waals surface area contributed by atoms with E-state index in [-0.39, 0.29) is 0 Å². The third-order valence-corrected chi connectivity index (χ3v) is 11.7. The fourth-order valence-electron chi connectivity index (χ4n) is 5.44. The van der Waals surface area contributed by atoms with E-state index in [1.807, 2.05) is 0 Å². The molecular formula is C20H34O2Si. The first kappa shape index (κ1) is 17.4. The van der Waals surface area contributed by atoms with Crippen LogP contribution in [-0.2, 0) is 9.22 Å². The maximum absolute atomic E-state index is 12.3. The highest BCUT2D eigenvalue weighted by Gasteiger charge is 2.45. The molecule has 23 heavy (non-hydrogen) atoms. The fourth-order valence-corrected chi connectivity index (χ4v) is 8.35. The van der Waals surface area contributed by atoms with E-state index in [9.17, 15) is 4.79 Å². The van der Waals surface area contributed by atoms with Crippen molar-refractivity contribution in [1.29, 1.82) is 0 Å². The monoisotopic (exact) mass is 334 g/mol. The Bertz CT molecular complexity index is 458. The average Bonchev–Trinajstić information content (AvgIpc) is 2.58. The highest BCUT2D eigenvalue weighted by Crippen LogP contribution is 2.49. The maximum atomic E-state index is 12.3. The van der Waals surface area contributed by atoms with Gasteiger partial charge in [0.05, 0.1) is 6.10 Å². The van der Waals surface area contributed by atoms with Gasteiger partial charge in [-0.3, -0.25) is 4.79 Å². The van der Waals surface area contributed by atoms with Gasteiger partial charge in [-0.05, 0) is 62.1 Å². The van der Waals surface area contributed by atoms with Crippen molar-refractivity contribution in [3.8, 4) is 0 Å². The zero-order valence-electron chi connectivity index (χ0n) is 15.3. The lowest BCUT2D eigenvalue weighted by molar-refractivity contribution is -0.122. The van der Waals surface area contributed by atoms with Crippen LogP contribution < -0.4 is 0 Å². The Morgan fingerprint density at radius 3 is 2.52 bits per heavy atom. The van der Waals surface area contributed by atoms with Crippen LogP contribution in [0.4, 0.5) is 0 Å². The fraction of sp³-hybridized carbons (Fsp3) is 0.850. The van der Waals surface area contributed by atoms with Crippen LogP contribution in [0.1, 0.15) is 65.7 Å². The van der Waals surface area contributed by atoms with Gasteiger partial charge in [0.15, 0.2) is 8.32 Å². The Kier molecular flexibility index (Phi) is 5.47. The first-order chi connectivity index (χ1) is 11.1. The van der Waals surface area contributed by atoms with Crippen molar-refractivity contribution in [3.63, 3.8) is 0 Å². The van der Waals surface area contributed by atoms with E-state index in [2.05, 4.69) is 26.8 Å². The van der Waals surface area contributed by atoms with Crippen molar-refractivity contribution in [3.05, 3.63) is 11.6 Å². The minimum absolute atomic E-state index is 0.403. The highest BCUT2D eigenvalue weighted by atomic mass is 28.4. The van der Waals surface area contributed by atoms with E-state index in [0.717, 1.165) is 19.3 Å². The van der Waals surface area contributed by atoms with Crippen LogP contribution in [-0.4, -0.2) is 20.2 Å². The summed E-state index contributed by atoms with van der Waals surface area (Å²) in [5.74, 6) is 2.31. The van der Waals surface area contributed by atoms with Crippen molar-refractivity contribution < 1.29 is 9.22 Å². The minimum Gasteiger partial charge on any atom is -0.413 e. The number of rotatable bonds is 5. The van der Waals surface area contributed by atoms with Crippen LogP contribution >= 0.6 is 0 Å². The lowest BCUT2D eigenvalue weighted by atomic mass is 9.62. The summed E-state index contributed by atoms with van der Waals surface area (Å²) in [5.41, 5.74) is 1.69. The van der Waals surface area contributed by atoms with E-state index in [1.54, 1.807) is 5.57 Å². The van der Waals surface area contributed by atoms with Crippen molar-refractivity contribution in [2.45, 2.75) is 90.0 Å². The molecule has 0 N–H and O–H groups in total. The first-order valence-electron chi connectivity index (χ1n) is 10.0. The Labute approximate surface area is 143 Å². The predicted molar refractivity (Wildman–Crippen MR) is 97.9 cm³/mol. The zero-order chi connectivity index (χ0) is 16.4. The molecule has 0 heterocycles. The van der Waals surface area contributed by atoms with Crippen molar-refractivity contribution in [1.82, 2.24) is 0 Å². The number of allylic oxidation sites excluding steroid dienone is 1. The number of hydrogen-bond acceptors (Lipinski definition) is 2. The Hall–Kier alpha value is -0.413. The molecule has 0 saturated heterocycles. The third kappa shape index (κ3) is 3.37. The largest absolute Gasteiger partial charge is 0.413 e. The lowest BCUT2D eigenvalue weighted by Gasteiger charge is -2.49. The van der Waals surface area contributed by atoms with Crippen molar-refractivity contribution in [2.24, 2.45) is 17.8 Å². The molecule has 2 saturated carbocycles. The molecule has 0 aromatic rings.